The lowest BCUT2D eigenvalue weighted by Crippen LogP contribution is -2.18. The quantitative estimate of drug-likeness (QED) is 0.749. The Labute approximate surface area is 152 Å². The van der Waals surface area contributed by atoms with Crippen molar-refractivity contribution in [1.82, 2.24) is 5.32 Å². The largest absolute Gasteiger partial charge is 0.493 e. The molecule has 0 aromatic heterocycles. The molecule has 0 saturated heterocycles. The number of carbonyl (C=O) groups excluding carboxylic acids is 2. The fraction of sp³-hybridized carbons (Fsp3) is 0.200. The molecule has 0 radical (unpaired) electrons. The summed E-state index contributed by atoms with van der Waals surface area (Å²) in [6.45, 7) is 3.73. The number of nitrogens with one attached hydrogen (secondary N) is 2. The van der Waals surface area contributed by atoms with Crippen LogP contribution in [-0.2, 0) is 6.42 Å². The number of carbonyl (C=O) groups is 2. The number of benzene rings is 2. The van der Waals surface area contributed by atoms with Gasteiger partial charge in [-0.05, 0) is 36.8 Å². The van der Waals surface area contributed by atoms with Crippen LogP contribution < -0.4 is 20.1 Å². The standard InChI is InChI=1S/C20H22N2O4/c1-5-7-13-10-15(12-17(25-3)18(13)26-4)20(24)22-16-9-6-8-14(11-16)19(23)21-2/h5-6,8-12H,1,7H2,2-4H3,(H,21,23)(H,22,24). The van der Waals surface area contributed by atoms with Gasteiger partial charge in [-0.3, -0.25) is 9.59 Å². The maximum Gasteiger partial charge on any atom is 0.255 e. The van der Waals surface area contributed by atoms with Crippen LogP contribution in [-0.4, -0.2) is 33.1 Å². The van der Waals surface area contributed by atoms with Crippen molar-refractivity contribution in [2.75, 3.05) is 26.6 Å². The second-order valence-electron chi connectivity index (χ2n) is 5.48. The smallest absolute Gasteiger partial charge is 0.255 e. The topological polar surface area (TPSA) is 76.7 Å². The van der Waals surface area contributed by atoms with Gasteiger partial charge in [0.05, 0.1) is 14.2 Å². The Morgan fingerprint density at radius 1 is 1.08 bits per heavy atom. The van der Waals surface area contributed by atoms with Gasteiger partial charge in [0.2, 0.25) is 0 Å². The highest BCUT2D eigenvalue weighted by molar-refractivity contribution is 6.05. The normalized spacial score (nSPS) is 9.96. The van der Waals surface area contributed by atoms with E-state index in [1.165, 1.54) is 7.11 Å². The molecule has 0 spiro atoms. The van der Waals surface area contributed by atoms with E-state index in [2.05, 4.69) is 17.2 Å². The number of hydrogen-bond donors (Lipinski definition) is 2. The number of amides is 2. The number of methoxy groups -OCH3 is 2. The highest BCUT2D eigenvalue weighted by Gasteiger charge is 2.16. The fourth-order valence-electron chi connectivity index (χ4n) is 2.57. The molecule has 2 N–H and O–H groups in total. The predicted molar refractivity (Wildman–Crippen MR) is 101 cm³/mol. The molecule has 26 heavy (non-hydrogen) atoms. The average molecular weight is 354 g/mol. The third-order valence-corrected chi connectivity index (χ3v) is 3.79. The van der Waals surface area contributed by atoms with Crippen LogP contribution in [0, 0.1) is 0 Å². The number of ether oxygens (including phenoxy) is 2. The summed E-state index contributed by atoms with van der Waals surface area (Å²) in [5.41, 5.74) is 2.21. The Bertz CT molecular complexity index is 831. The minimum absolute atomic E-state index is 0.222. The molecule has 2 rings (SSSR count). The summed E-state index contributed by atoms with van der Waals surface area (Å²) in [7, 11) is 4.62. The lowest BCUT2D eigenvalue weighted by molar-refractivity contribution is 0.0961. The van der Waals surface area contributed by atoms with Gasteiger partial charge in [0, 0.05) is 29.4 Å². The van der Waals surface area contributed by atoms with Crippen molar-refractivity contribution in [1.29, 1.82) is 0 Å². The first-order chi connectivity index (χ1) is 12.5. The van der Waals surface area contributed by atoms with E-state index in [1.54, 1.807) is 56.6 Å². The second-order valence-corrected chi connectivity index (χ2v) is 5.48. The van der Waals surface area contributed by atoms with Crippen LogP contribution in [0.5, 0.6) is 11.5 Å². The van der Waals surface area contributed by atoms with E-state index in [-0.39, 0.29) is 11.8 Å². The van der Waals surface area contributed by atoms with Gasteiger partial charge < -0.3 is 20.1 Å². The van der Waals surface area contributed by atoms with Crippen molar-refractivity contribution >= 4 is 17.5 Å². The number of allylic oxidation sites excluding steroid dienone is 1. The zero-order valence-electron chi connectivity index (χ0n) is 15.1. The summed E-state index contributed by atoms with van der Waals surface area (Å²) in [6, 6.07) is 10.1. The van der Waals surface area contributed by atoms with Gasteiger partial charge in [0.15, 0.2) is 11.5 Å². The summed E-state index contributed by atoms with van der Waals surface area (Å²) >= 11 is 0. The molecule has 0 bridgehead atoms. The van der Waals surface area contributed by atoms with E-state index >= 15 is 0 Å². The molecule has 6 nitrogen and oxygen atoms in total. The van der Waals surface area contributed by atoms with E-state index < -0.39 is 0 Å². The fourth-order valence-corrected chi connectivity index (χ4v) is 2.57. The van der Waals surface area contributed by atoms with E-state index in [9.17, 15) is 9.59 Å². The van der Waals surface area contributed by atoms with Crippen molar-refractivity contribution in [3.63, 3.8) is 0 Å². The SMILES string of the molecule is C=CCc1cc(C(=O)Nc2cccc(C(=O)NC)c2)cc(OC)c1OC. The first-order valence-corrected chi connectivity index (χ1v) is 8.03. The summed E-state index contributed by atoms with van der Waals surface area (Å²) in [5, 5.41) is 5.35. The van der Waals surface area contributed by atoms with E-state index in [4.69, 9.17) is 9.47 Å². The molecular weight excluding hydrogens is 332 g/mol. The Hall–Kier alpha value is -3.28. The van der Waals surface area contributed by atoms with Gasteiger partial charge in [-0.15, -0.1) is 6.58 Å². The molecule has 0 heterocycles. The van der Waals surface area contributed by atoms with Crippen molar-refractivity contribution in [3.05, 3.63) is 65.7 Å². The van der Waals surface area contributed by atoms with Gasteiger partial charge in [-0.25, -0.2) is 0 Å². The third kappa shape index (κ3) is 4.22. The van der Waals surface area contributed by atoms with Crippen LogP contribution in [0.4, 0.5) is 5.69 Å². The zero-order chi connectivity index (χ0) is 19.1. The number of rotatable bonds is 7. The van der Waals surface area contributed by atoms with Crippen molar-refractivity contribution in [3.8, 4) is 11.5 Å². The van der Waals surface area contributed by atoms with Crippen LogP contribution in [0.3, 0.4) is 0 Å². The van der Waals surface area contributed by atoms with Crippen molar-refractivity contribution < 1.29 is 19.1 Å². The molecule has 0 aliphatic heterocycles. The first-order valence-electron chi connectivity index (χ1n) is 8.03. The van der Waals surface area contributed by atoms with Gasteiger partial charge in [0.1, 0.15) is 0 Å². The molecule has 0 atom stereocenters. The molecule has 2 amide bonds. The average Bonchev–Trinajstić information content (AvgIpc) is 2.67. The highest BCUT2D eigenvalue weighted by Crippen LogP contribution is 2.33. The van der Waals surface area contributed by atoms with Gasteiger partial charge >= 0.3 is 0 Å². The lowest BCUT2D eigenvalue weighted by Gasteiger charge is -2.14. The summed E-state index contributed by atoms with van der Waals surface area (Å²) in [5.74, 6) is 0.507. The summed E-state index contributed by atoms with van der Waals surface area (Å²) in [4.78, 5) is 24.4. The van der Waals surface area contributed by atoms with Gasteiger partial charge in [0.25, 0.3) is 11.8 Å². The Morgan fingerprint density at radius 3 is 2.46 bits per heavy atom. The molecule has 0 aliphatic rings. The third-order valence-electron chi connectivity index (χ3n) is 3.79. The van der Waals surface area contributed by atoms with Crippen molar-refractivity contribution in [2.24, 2.45) is 0 Å². The molecule has 6 heteroatoms. The van der Waals surface area contributed by atoms with Gasteiger partial charge in [-0.1, -0.05) is 12.1 Å². The zero-order valence-corrected chi connectivity index (χ0v) is 15.1. The molecule has 2 aromatic carbocycles. The monoisotopic (exact) mass is 354 g/mol. The molecule has 0 unspecified atom stereocenters. The van der Waals surface area contributed by atoms with Gasteiger partial charge in [-0.2, -0.15) is 0 Å². The Morgan fingerprint density at radius 2 is 1.85 bits per heavy atom. The Balaban J connectivity index is 2.33. The van der Waals surface area contributed by atoms with E-state index in [0.717, 1.165) is 5.56 Å². The van der Waals surface area contributed by atoms with Crippen LogP contribution in [0.2, 0.25) is 0 Å². The van der Waals surface area contributed by atoms with Crippen LogP contribution in [0.25, 0.3) is 0 Å². The molecule has 0 aliphatic carbocycles. The molecule has 136 valence electrons. The van der Waals surface area contributed by atoms with Crippen LogP contribution in [0.15, 0.2) is 49.1 Å². The lowest BCUT2D eigenvalue weighted by atomic mass is 10.0. The van der Waals surface area contributed by atoms with E-state index in [1.807, 2.05) is 0 Å². The molecule has 0 fully saturated rings. The summed E-state index contributed by atoms with van der Waals surface area (Å²) < 4.78 is 10.7. The Kier molecular flexibility index (Phi) is 6.38. The predicted octanol–water partition coefficient (Wildman–Crippen LogP) is 3.04. The minimum Gasteiger partial charge on any atom is -0.493 e. The number of hydrogen-bond acceptors (Lipinski definition) is 4. The minimum atomic E-state index is -0.315. The highest BCUT2D eigenvalue weighted by atomic mass is 16.5. The molecule has 2 aromatic rings. The van der Waals surface area contributed by atoms with Crippen molar-refractivity contribution in [2.45, 2.75) is 6.42 Å². The molecule has 0 saturated carbocycles. The summed E-state index contributed by atoms with van der Waals surface area (Å²) in [6.07, 6.45) is 2.26. The number of anilines is 1. The van der Waals surface area contributed by atoms with Crippen LogP contribution in [0.1, 0.15) is 26.3 Å². The second kappa shape index (κ2) is 8.71. The maximum atomic E-state index is 12.7. The molecular formula is C20H22N2O4. The van der Waals surface area contributed by atoms with E-state index in [0.29, 0.717) is 34.7 Å². The van der Waals surface area contributed by atoms with Crippen LogP contribution >= 0.6 is 0 Å². The first kappa shape index (κ1) is 19.1. The maximum absolute atomic E-state index is 12.7.